The normalized spacial score (nSPS) is 15.1. The number of halogens is 1. The number of para-hydroxylation sites is 1. The second-order valence-electron chi connectivity index (χ2n) is 11.6. The number of carboxylic acids is 1. The lowest BCUT2D eigenvalue weighted by Crippen LogP contribution is -2.30. The number of nitrogens with zero attached hydrogens (tertiary/aromatic N) is 1. The van der Waals surface area contributed by atoms with E-state index in [0.717, 1.165) is 46.4 Å². The number of anilines is 1. The Labute approximate surface area is 239 Å². The lowest BCUT2D eigenvalue weighted by molar-refractivity contribution is -0.160. The van der Waals surface area contributed by atoms with Crippen molar-refractivity contribution < 1.29 is 33.3 Å². The van der Waals surface area contributed by atoms with E-state index in [1.165, 1.54) is 19.2 Å². The highest BCUT2D eigenvalue weighted by Gasteiger charge is 2.37. The molecule has 0 fully saturated rings. The number of benzene rings is 3. The number of amides is 1. The molecule has 7 nitrogen and oxygen atoms in total. The second-order valence-corrected chi connectivity index (χ2v) is 11.6. The number of carbonyl (C=O) groups excluding carboxylic acids is 1. The van der Waals surface area contributed by atoms with Crippen molar-refractivity contribution in [2.24, 2.45) is 0 Å². The molecule has 2 aliphatic heterocycles. The van der Waals surface area contributed by atoms with Crippen LogP contribution in [0.4, 0.5) is 10.1 Å². The predicted molar refractivity (Wildman–Crippen MR) is 155 cm³/mol. The van der Waals surface area contributed by atoms with Crippen LogP contribution in [0.15, 0.2) is 36.4 Å². The minimum Gasteiger partial charge on any atom is -0.493 e. The minimum atomic E-state index is -1.23. The molecular weight excluding hydrogens is 525 g/mol. The maximum absolute atomic E-state index is 14.5. The molecule has 2 heterocycles. The van der Waals surface area contributed by atoms with Gasteiger partial charge in [-0.15, -0.1) is 0 Å². The molecule has 1 atom stereocenters. The van der Waals surface area contributed by atoms with Crippen LogP contribution in [0.3, 0.4) is 0 Å². The first-order chi connectivity index (χ1) is 19.4. The zero-order valence-corrected chi connectivity index (χ0v) is 24.4. The van der Waals surface area contributed by atoms with Crippen LogP contribution in [0.1, 0.15) is 71.5 Å². The van der Waals surface area contributed by atoms with Gasteiger partial charge in [0.15, 0.2) is 17.7 Å². The molecule has 2 aliphatic rings. The van der Waals surface area contributed by atoms with E-state index in [9.17, 15) is 19.1 Å². The highest BCUT2D eigenvalue weighted by atomic mass is 19.1. The van der Waals surface area contributed by atoms with Gasteiger partial charge in [-0.3, -0.25) is 4.79 Å². The van der Waals surface area contributed by atoms with E-state index in [2.05, 4.69) is 0 Å². The van der Waals surface area contributed by atoms with Crippen molar-refractivity contribution >= 4 is 17.6 Å². The standard InChI is InChI=1S/C33H36FNO6/c1-18-17-25-22(14-15-35(25)31(36)23-9-7-11-24(34)29(23)39-6)28(27(18)30(32(37)38)41-33(3,4)5)21-12-13-26-20(19(21)2)10-8-16-40-26/h7,9,11-13,17,30H,8,10,14-16H2,1-6H3,(H,37,38). The largest absolute Gasteiger partial charge is 0.493 e. The van der Waals surface area contributed by atoms with E-state index in [1.54, 1.807) is 11.0 Å². The Morgan fingerprint density at radius 1 is 1.10 bits per heavy atom. The smallest absolute Gasteiger partial charge is 0.337 e. The Kier molecular flexibility index (Phi) is 7.55. The van der Waals surface area contributed by atoms with Crippen LogP contribution in [-0.4, -0.2) is 42.8 Å². The van der Waals surface area contributed by atoms with Gasteiger partial charge in [0.2, 0.25) is 0 Å². The molecule has 5 rings (SSSR count). The number of carboxylic acid groups (broad SMARTS) is 1. The zero-order chi connectivity index (χ0) is 29.6. The summed E-state index contributed by atoms with van der Waals surface area (Å²) < 4.78 is 31.8. The Balaban J connectivity index is 1.75. The van der Waals surface area contributed by atoms with Gasteiger partial charge >= 0.3 is 5.97 Å². The summed E-state index contributed by atoms with van der Waals surface area (Å²) in [6.07, 6.45) is 1.04. The Bertz CT molecular complexity index is 1540. The van der Waals surface area contributed by atoms with Crippen LogP contribution in [0.5, 0.6) is 11.5 Å². The van der Waals surface area contributed by atoms with E-state index in [-0.39, 0.29) is 17.2 Å². The van der Waals surface area contributed by atoms with Crippen molar-refractivity contribution in [1.29, 1.82) is 0 Å². The quantitative estimate of drug-likeness (QED) is 0.366. The van der Waals surface area contributed by atoms with E-state index in [4.69, 9.17) is 14.2 Å². The fourth-order valence-corrected chi connectivity index (χ4v) is 6.05. The van der Waals surface area contributed by atoms with Crippen molar-refractivity contribution in [3.63, 3.8) is 0 Å². The van der Waals surface area contributed by atoms with Crippen molar-refractivity contribution in [2.75, 3.05) is 25.2 Å². The van der Waals surface area contributed by atoms with Crippen LogP contribution in [0.2, 0.25) is 0 Å². The fourth-order valence-electron chi connectivity index (χ4n) is 6.05. The topological polar surface area (TPSA) is 85.3 Å². The molecule has 0 saturated carbocycles. The van der Waals surface area contributed by atoms with Gasteiger partial charge in [0.25, 0.3) is 5.91 Å². The van der Waals surface area contributed by atoms with Gasteiger partial charge in [0.05, 0.1) is 24.9 Å². The second kappa shape index (κ2) is 10.8. The number of rotatable bonds is 6. The van der Waals surface area contributed by atoms with Crippen molar-refractivity contribution in [2.45, 2.75) is 65.6 Å². The Morgan fingerprint density at radius 3 is 2.54 bits per heavy atom. The molecule has 0 radical (unpaired) electrons. The maximum atomic E-state index is 14.5. The maximum Gasteiger partial charge on any atom is 0.337 e. The molecule has 1 N–H and O–H groups in total. The molecule has 0 spiro atoms. The van der Waals surface area contributed by atoms with Gasteiger partial charge in [-0.1, -0.05) is 12.1 Å². The third-order valence-corrected chi connectivity index (χ3v) is 7.79. The van der Waals surface area contributed by atoms with Crippen LogP contribution >= 0.6 is 0 Å². The number of methoxy groups -OCH3 is 1. The summed E-state index contributed by atoms with van der Waals surface area (Å²) in [7, 11) is 1.34. The molecule has 3 aromatic rings. The molecular formula is C33H36FNO6. The van der Waals surface area contributed by atoms with E-state index in [1.807, 2.05) is 52.8 Å². The van der Waals surface area contributed by atoms with Gasteiger partial charge in [0, 0.05) is 17.8 Å². The molecule has 1 unspecified atom stereocenters. The summed E-state index contributed by atoms with van der Waals surface area (Å²) >= 11 is 0. The third kappa shape index (κ3) is 5.17. The number of hydrogen-bond acceptors (Lipinski definition) is 5. The SMILES string of the molecule is COc1c(F)cccc1C(=O)N1CCc2c1cc(C)c(C(OC(C)(C)C)C(=O)O)c2-c1ccc2c(c1C)CCCO2. The predicted octanol–water partition coefficient (Wildman–Crippen LogP) is 6.59. The average molecular weight is 562 g/mol. The van der Waals surface area contributed by atoms with Crippen LogP contribution in [0, 0.1) is 19.7 Å². The molecule has 0 bridgehead atoms. The highest BCUT2D eigenvalue weighted by molar-refractivity contribution is 6.10. The number of aliphatic carboxylic acids is 1. The van der Waals surface area contributed by atoms with E-state index < -0.39 is 23.5 Å². The number of aryl methyl sites for hydroxylation is 1. The van der Waals surface area contributed by atoms with E-state index >= 15 is 0 Å². The van der Waals surface area contributed by atoms with Crippen molar-refractivity contribution in [3.8, 4) is 22.6 Å². The lowest BCUT2D eigenvalue weighted by atomic mass is 9.83. The van der Waals surface area contributed by atoms with E-state index in [0.29, 0.717) is 36.4 Å². The summed E-state index contributed by atoms with van der Waals surface area (Å²) in [4.78, 5) is 28.2. The molecule has 216 valence electrons. The summed E-state index contributed by atoms with van der Waals surface area (Å²) in [6.45, 7) is 10.4. The van der Waals surface area contributed by atoms with Gasteiger partial charge in [-0.05, 0) is 112 Å². The van der Waals surface area contributed by atoms with Gasteiger partial charge in [-0.2, -0.15) is 0 Å². The molecule has 0 saturated heterocycles. The summed E-state index contributed by atoms with van der Waals surface area (Å²) in [5.41, 5.74) is 5.99. The Morgan fingerprint density at radius 2 is 1.85 bits per heavy atom. The summed E-state index contributed by atoms with van der Waals surface area (Å²) in [6, 6.07) is 10.1. The lowest BCUT2D eigenvalue weighted by Gasteiger charge is -2.30. The number of hydrogen-bond donors (Lipinski definition) is 1. The average Bonchev–Trinajstić information content (AvgIpc) is 3.34. The van der Waals surface area contributed by atoms with Crippen LogP contribution in [0.25, 0.3) is 11.1 Å². The zero-order valence-electron chi connectivity index (χ0n) is 24.4. The molecule has 41 heavy (non-hydrogen) atoms. The minimum absolute atomic E-state index is 0.102. The summed E-state index contributed by atoms with van der Waals surface area (Å²) in [5.74, 6) is -1.33. The number of carbonyl (C=O) groups is 2. The fraction of sp³-hybridized carbons (Fsp3) is 0.394. The van der Waals surface area contributed by atoms with Crippen molar-refractivity contribution in [1.82, 2.24) is 0 Å². The van der Waals surface area contributed by atoms with Gasteiger partial charge in [-0.25, -0.2) is 9.18 Å². The first-order valence-corrected chi connectivity index (χ1v) is 13.9. The van der Waals surface area contributed by atoms with Crippen LogP contribution < -0.4 is 14.4 Å². The first-order valence-electron chi connectivity index (χ1n) is 13.9. The molecule has 0 aromatic heterocycles. The third-order valence-electron chi connectivity index (χ3n) is 7.79. The number of ether oxygens (including phenoxy) is 3. The highest BCUT2D eigenvalue weighted by Crippen LogP contribution is 2.47. The molecule has 0 aliphatic carbocycles. The molecule has 8 heteroatoms. The van der Waals surface area contributed by atoms with Gasteiger partial charge in [0.1, 0.15) is 5.75 Å². The summed E-state index contributed by atoms with van der Waals surface area (Å²) in [5, 5.41) is 10.4. The first kappa shape index (κ1) is 28.6. The monoisotopic (exact) mass is 561 g/mol. The van der Waals surface area contributed by atoms with Crippen molar-refractivity contribution in [3.05, 3.63) is 75.6 Å². The van der Waals surface area contributed by atoms with Gasteiger partial charge < -0.3 is 24.2 Å². The van der Waals surface area contributed by atoms with Crippen LogP contribution in [-0.2, 0) is 22.4 Å². The molecule has 3 aromatic carbocycles. The Hall–Kier alpha value is -3.91. The molecule has 1 amide bonds. The number of fused-ring (bicyclic) bond motifs is 2.